The van der Waals surface area contributed by atoms with Gasteiger partial charge in [0.1, 0.15) is 6.04 Å². The van der Waals surface area contributed by atoms with E-state index in [-0.39, 0.29) is 34.7 Å². The molecule has 4 rings (SSSR count). The lowest BCUT2D eigenvalue weighted by molar-refractivity contribution is -0.182. The van der Waals surface area contributed by atoms with Gasteiger partial charge in [0, 0.05) is 11.5 Å². The summed E-state index contributed by atoms with van der Waals surface area (Å²) in [5.41, 5.74) is -0.117. The van der Waals surface area contributed by atoms with E-state index in [1.165, 1.54) is 7.11 Å². The molecule has 2 amide bonds. The van der Waals surface area contributed by atoms with E-state index < -0.39 is 6.04 Å². The van der Waals surface area contributed by atoms with Crippen LogP contribution in [-0.2, 0) is 19.1 Å². The Hall–Kier alpha value is -1.59. The van der Waals surface area contributed by atoms with Crippen molar-refractivity contribution in [3.05, 3.63) is 0 Å². The first kappa shape index (κ1) is 16.3. The van der Waals surface area contributed by atoms with E-state index in [0.717, 1.165) is 44.9 Å². The highest BCUT2D eigenvalue weighted by Gasteiger charge is 2.68. The first-order chi connectivity index (χ1) is 10.9. The summed E-state index contributed by atoms with van der Waals surface area (Å²) in [7, 11) is 1.40. The minimum atomic E-state index is -0.506. The number of hydrogen-bond donors (Lipinski definition) is 2. The maximum absolute atomic E-state index is 12.3. The number of nitrogens with one attached hydrogen (secondary N) is 2. The average Bonchev–Trinajstić information content (AvgIpc) is 2.97. The number of esters is 1. The highest BCUT2D eigenvalue weighted by atomic mass is 16.5. The highest BCUT2D eigenvalue weighted by Crippen LogP contribution is 2.69. The number of ether oxygens (including phenoxy) is 1. The lowest BCUT2D eigenvalue weighted by atomic mass is 9.38. The minimum Gasteiger partial charge on any atom is -0.469 e. The Bertz CT molecular complexity index is 505. The fourth-order valence-corrected chi connectivity index (χ4v) is 4.65. The van der Waals surface area contributed by atoms with Crippen LogP contribution in [-0.4, -0.2) is 36.5 Å². The largest absolute Gasteiger partial charge is 0.469 e. The van der Waals surface area contributed by atoms with Gasteiger partial charge in [0.15, 0.2) is 0 Å². The zero-order chi connectivity index (χ0) is 16.7. The molecule has 1 atom stereocenters. The summed E-state index contributed by atoms with van der Waals surface area (Å²) in [5, 5.41) is 5.90. The summed E-state index contributed by atoms with van der Waals surface area (Å²) in [6, 6.07) is -0.506. The zero-order valence-electron chi connectivity index (χ0n) is 13.9. The Balaban J connectivity index is 1.42. The van der Waals surface area contributed by atoms with E-state index in [1.54, 1.807) is 6.92 Å². The molecule has 0 heterocycles. The van der Waals surface area contributed by atoms with Crippen molar-refractivity contribution in [3.8, 4) is 0 Å². The molecule has 6 heteroatoms. The molecule has 0 radical (unpaired) electrons. The third-order valence-electron chi connectivity index (χ3n) is 5.75. The fraction of sp³-hybridized carbons (Fsp3) is 0.824. The number of amides is 2. The van der Waals surface area contributed by atoms with Gasteiger partial charge in [-0.05, 0) is 44.4 Å². The van der Waals surface area contributed by atoms with Crippen molar-refractivity contribution in [3.63, 3.8) is 0 Å². The number of rotatable bonds is 6. The number of methoxy groups -OCH3 is 1. The summed E-state index contributed by atoms with van der Waals surface area (Å²) in [6.07, 6.45) is 7.02. The molecule has 0 saturated heterocycles. The van der Waals surface area contributed by atoms with Gasteiger partial charge in [-0.25, -0.2) is 0 Å². The fourth-order valence-electron chi connectivity index (χ4n) is 4.65. The Labute approximate surface area is 136 Å². The topological polar surface area (TPSA) is 84.5 Å². The van der Waals surface area contributed by atoms with Crippen LogP contribution in [0.2, 0.25) is 0 Å². The van der Waals surface area contributed by atoms with Crippen molar-refractivity contribution < 1.29 is 19.1 Å². The summed E-state index contributed by atoms with van der Waals surface area (Å²) in [6.45, 7) is 1.73. The maximum Gasteiger partial charge on any atom is 0.306 e. The Morgan fingerprint density at radius 2 is 1.78 bits per heavy atom. The van der Waals surface area contributed by atoms with Gasteiger partial charge in [0.05, 0.1) is 13.5 Å². The van der Waals surface area contributed by atoms with Gasteiger partial charge in [-0.2, -0.15) is 0 Å². The lowest BCUT2D eigenvalue weighted by Crippen LogP contribution is -2.76. The van der Waals surface area contributed by atoms with Crippen LogP contribution in [0.5, 0.6) is 0 Å². The monoisotopic (exact) mass is 322 g/mol. The van der Waals surface area contributed by atoms with E-state index in [9.17, 15) is 14.4 Å². The number of hydrogen-bond acceptors (Lipinski definition) is 4. The predicted molar refractivity (Wildman–Crippen MR) is 83.4 cm³/mol. The highest BCUT2D eigenvalue weighted by molar-refractivity contribution is 5.89. The minimum absolute atomic E-state index is 0.00454. The van der Waals surface area contributed by atoms with E-state index in [4.69, 9.17) is 4.74 Å². The van der Waals surface area contributed by atoms with Gasteiger partial charge in [0.25, 0.3) is 0 Å². The third kappa shape index (κ3) is 3.08. The van der Waals surface area contributed by atoms with Crippen LogP contribution >= 0.6 is 0 Å². The second-order valence-electron chi connectivity index (χ2n) is 7.76. The van der Waals surface area contributed by atoms with Crippen molar-refractivity contribution >= 4 is 17.8 Å². The molecule has 128 valence electrons. The van der Waals surface area contributed by atoms with Crippen molar-refractivity contribution in [1.82, 2.24) is 10.6 Å². The molecule has 4 saturated carbocycles. The molecule has 23 heavy (non-hydrogen) atoms. The van der Waals surface area contributed by atoms with Crippen molar-refractivity contribution in [2.24, 2.45) is 11.3 Å². The van der Waals surface area contributed by atoms with Crippen molar-refractivity contribution in [2.45, 2.75) is 69.9 Å². The third-order valence-corrected chi connectivity index (χ3v) is 5.75. The van der Waals surface area contributed by atoms with Crippen molar-refractivity contribution in [2.75, 3.05) is 7.11 Å². The maximum atomic E-state index is 12.3. The van der Waals surface area contributed by atoms with Crippen LogP contribution in [0, 0.1) is 11.3 Å². The van der Waals surface area contributed by atoms with Crippen LogP contribution in [0.25, 0.3) is 0 Å². The molecule has 6 nitrogen and oxygen atoms in total. The van der Waals surface area contributed by atoms with Crippen molar-refractivity contribution in [1.29, 1.82) is 0 Å². The summed E-state index contributed by atoms with van der Waals surface area (Å²) < 4.78 is 4.72. The molecule has 1 unspecified atom stereocenters. The quantitative estimate of drug-likeness (QED) is 0.722. The molecule has 0 aromatic carbocycles. The molecule has 0 aliphatic heterocycles. The Morgan fingerprint density at radius 3 is 2.35 bits per heavy atom. The van der Waals surface area contributed by atoms with E-state index in [0.29, 0.717) is 6.42 Å². The van der Waals surface area contributed by atoms with Crippen LogP contribution < -0.4 is 10.6 Å². The SMILES string of the molecule is COC(=O)CC12CC(NC(=O)C(C)NC(=O)C3CCCC3)(C1)C2. The summed E-state index contributed by atoms with van der Waals surface area (Å²) in [5.74, 6) is -0.224. The molecule has 2 bridgehead atoms. The molecular weight excluding hydrogens is 296 g/mol. The van der Waals surface area contributed by atoms with Gasteiger partial charge in [-0.15, -0.1) is 0 Å². The molecule has 0 spiro atoms. The van der Waals surface area contributed by atoms with Gasteiger partial charge in [-0.3, -0.25) is 14.4 Å². The molecule has 4 aliphatic rings. The van der Waals surface area contributed by atoms with Crippen LogP contribution in [0.3, 0.4) is 0 Å². The summed E-state index contributed by atoms with van der Waals surface area (Å²) >= 11 is 0. The second kappa shape index (κ2) is 5.80. The van der Waals surface area contributed by atoms with Crippen LogP contribution in [0.1, 0.15) is 58.3 Å². The van der Waals surface area contributed by atoms with E-state index >= 15 is 0 Å². The van der Waals surface area contributed by atoms with Crippen LogP contribution in [0.15, 0.2) is 0 Å². The van der Waals surface area contributed by atoms with Gasteiger partial charge in [0.2, 0.25) is 11.8 Å². The number of carbonyl (C=O) groups is 3. The van der Waals surface area contributed by atoms with E-state index in [2.05, 4.69) is 10.6 Å². The first-order valence-electron chi connectivity index (χ1n) is 8.56. The summed E-state index contributed by atoms with van der Waals surface area (Å²) in [4.78, 5) is 35.7. The smallest absolute Gasteiger partial charge is 0.306 e. The molecule has 2 N–H and O–H groups in total. The molecule has 0 aromatic heterocycles. The van der Waals surface area contributed by atoms with Gasteiger partial charge < -0.3 is 15.4 Å². The normalized spacial score (nSPS) is 33.1. The Morgan fingerprint density at radius 1 is 1.17 bits per heavy atom. The molecule has 0 aromatic rings. The molecular formula is C17H26N2O4. The van der Waals surface area contributed by atoms with E-state index in [1.807, 2.05) is 0 Å². The Kier molecular flexibility index (Phi) is 4.10. The molecule has 4 fully saturated rings. The average molecular weight is 322 g/mol. The lowest BCUT2D eigenvalue weighted by Gasteiger charge is -2.70. The van der Waals surface area contributed by atoms with Gasteiger partial charge >= 0.3 is 5.97 Å². The van der Waals surface area contributed by atoms with Gasteiger partial charge in [-0.1, -0.05) is 12.8 Å². The second-order valence-corrected chi connectivity index (χ2v) is 7.76. The zero-order valence-corrected chi connectivity index (χ0v) is 13.9. The standard InChI is InChI=1S/C17H26N2O4/c1-11(18-15(22)12-5-3-4-6-12)14(21)19-17-8-16(9-17,10-17)7-13(20)23-2/h11-12H,3-10H2,1-2H3,(H,18,22)(H,19,21). The first-order valence-corrected chi connectivity index (χ1v) is 8.56. The number of carbonyl (C=O) groups excluding carboxylic acids is 3. The molecule has 4 aliphatic carbocycles. The predicted octanol–water partition coefficient (Wildman–Crippen LogP) is 1.28. The van der Waals surface area contributed by atoms with Crippen LogP contribution in [0.4, 0.5) is 0 Å².